The predicted molar refractivity (Wildman–Crippen MR) is 157 cm³/mol. The van der Waals surface area contributed by atoms with Gasteiger partial charge in [-0.15, -0.1) is 0 Å². The molecule has 2 saturated heterocycles. The second kappa shape index (κ2) is 11.8. The van der Waals surface area contributed by atoms with Gasteiger partial charge in [0.15, 0.2) is 11.6 Å². The van der Waals surface area contributed by atoms with Crippen molar-refractivity contribution in [3.63, 3.8) is 0 Å². The molecule has 224 valence electrons. The summed E-state index contributed by atoms with van der Waals surface area (Å²) in [6.45, 7) is 5.28. The molecule has 14 heteroatoms. The molecule has 1 amide bonds. The Hall–Kier alpha value is -4.28. The van der Waals surface area contributed by atoms with Crippen LogP contribution in [0.2, 0.25) is 5.02 Å². The summed E-state index contributed by atoms with van der Waals surface area (Å²) in [7, 11) is 2.06. The van der Waals surface area contributed by atoms with Crippen molar-refractivity contribution in [2.24, 2.45) is 0 Å². The summed E-state index contributed by atoms with van der Waals surface area (Å²) in [6.07, 6.45) is 5.75. The van der Waals surface area contributed by atoms with Gasteiger partial charge in [0.05, 0.1) is 35.3 Å². The van der Waals surface area contributed by atoms with Gasteiger partial charge in [-0.1, -0.05) is 18.2 Å². The lowest BCUT2D eigenvalue weighted by molar-refractivity contribution is -0.131. The Labute approximate surface area is 251 Å². The molecule has 11 nitrogen and oxygen atoms in total. The number of nitrogens with zero attached hydrogens (tertiary/aromatic N) is 7. The molecular formula is C29H30ClF2N9O2. The number of amides is 1. The van der Waals surface area contributed by atoms with Crippen molar-refractivity contribution in [3.8, 4) is 12.1 Å². The number of halogens is 3. The third kappa shape index (κ3) is 5.48. The standard InChI is InChI=1S/C29H30ClF2N9O2/c1-16(31)28(42)41-9-8-40(14-18(41)5-6-33)27-26-25(36-29(37-27)43-15-19-4-3-7-39(19)2)17(12-34-26)10-20-21-13-35-38-23(21)11-22(32)24(20)30/h11-13,18-19,34H,1,3-5,7-10,14-15H2,2H3,(H,35,38)/t18-,19-/m0/s1. The average Bonchev–Trinajstić information content (AvgIpc) is 3.73. The predicted octanol–water partition coefficient (Wildman–Crippen LogP) is 4.10. The summed E-state index contributed by atoms with van der Waals surface area (Å²) in [4.78, 5) is 30.8. The van der Waals surface area contributed by atoms with Gasteiger partial charge in [0, 0.05) is 55.3 Å². The minimum absolute atomic E-state index is 0.00728. The molecule has 2 fully saturated rings. The zero-order valence-corrected chi connectivity index (χ0v) is 24.3. The van der Waals surface area contributed by atoms with E-state index in [9.17, 15) is 18.8 Å². The molecule has 2 aliphatic heterocycles. The van der Waals surface area contributed by atoms with Gasteiger partial charge < -0.3 is 24.4 Å². The fourth-order valence-corrected chi connectivity index (χ4v) is 6.25. The smallest absolute Gasteiger partial charge is 0.319 e. The lowest BCUT2D eigenvalue weighted by atomic mass is 10.0. The molecule has 0 bridgehead atoms. The molecule has 0 aliphatic carbocycles. The molecule has 2 atom stereocenters. The van der Waals surface area contributed by atoms with E-state index in [1.807, 2.05) is 4.90 Å². The first-order valence-electron chi connectivity index (χ1n) is 14.0. The van der Waals surface area contributed by atoms with Gasteiger partial charge in [-0.2, -0.15) is 20.3 Å². The van der Waals surface area contributed by atoms with Crippen LogP contribution in [0.25, 0.3) is 21.9 Å². The number of nitriles is 1. The van der Waals surface area contributed by atoms with E-state index in [4.69, 9.17) is 26.3 Å². The number of rotatable bonds is 8. The number of hydrogen-bond donors (Lipinski definition) is 2. The number of carbonyl (C=O) groups excluding carboxylic acids is 1. The van der Waals surface area contributed by atoms with Crippen molar-refractivity contribution in [2.75, 3.05) is 44.7 Å². The molecule has 2 aliphatic rings. The largest absolute Gasteiger partial charge is 0.462 e. The summed E-state index contributed by atoms with van der Waals surface area (Å²) >= 11 is 6.44. The normalized spacial score (nSPS) is 19.3. The zero-order valence-electron chi connectivity index (χ0n) is 23.5. The highest BCUT2D eigenvalue weighted by Crippen LogP contribution is 2.35. The van der Waals surface area contributed by atoms with Crippen molar-refractivity contribution in [2.45, 2.75) is 37.8 Å². The Morgan fingerprint density at radius 3 is 2.88 bits per heavy atom. The number of anilines is 1. The van der Waals surface area contributed by atoms with Crippen LogP contribution in [0.5, 0.6) is 6.01 Å². The van der Waals surface area contributed by atoms with Crippen molar-refractivity contribution < 1.29 is 18.3 Å². The van der Waals surface area contributed by atoms with Gasteiger partial charge in [0.2, 0.25) is 0 Å². The third-order valence-electron chi connectivity index (χ3n) is 8.35. The van der Waals surface area contributed by atoms with Crippen molar-refractivity contribution in [1.29, 1.82) is 5.26 Å². The molecule has 3 aromatic heterocycles. The van der Waals surface area contributed by atoms with E-state index in [0.717, 1.165) is 24.9 Å². The van der Waals surface area contributed by atoms with Crippen LogP contribution in [0.1, 0.15) is 30.4 Å². The van der Waals surface area contributed by atoms with Crippen LogP contribution in [-0.4, -0.2) is 92.8 Å². The first kappa shape index (κ1) is 28.8. The molecule has 0 unspecified atom stereocenters. The Bertz CT molecular complexity index is 1750. The van der Waals surface area contributed by atoms with Crippen LogP contribution in [0, 0.1) is 17.1 Å². The highest BCUT2D eigenvalue weighted by atomic mass is 35.5. The summed E-state index contributed by atoms with van der Waals surface area (Å²) in [5.41, 5.74) is 3.02. The van der Waals surface area contributed by atoms with Gasteiger partial charge in [-0.25, -0.2) is 8.78 Å². The minimum Gasteiger partial charge on any atom is -0.462 e. The number of likely N-dealkylation sites (N-methyl/N-ethyl adjacent to an activating group) is 1. The maximum absolute atomic E-state index is 14.7. The SMILES string of the molecule is C=C(F)C(=O)N1CCN(c2nc(OC[C@@H]3CCCN3C)nc3c(Cc4c(Cl)c(F)cc5[nH]ncc45)c[nH]c23)C[C@@H]1CC#N. The van der Waals surface area contributed by atoms with Crippen LogP contribution < -0.4 is 9.64 Å². The highest BCUT2D eigenvalue weighted by Gasteiger charge is 2.34. The quantitative estimate of drug-likeness (QED) is 0.286. The molecule has 0 spiro atoms. The lowest BCUT2D eigenvalue weighted by Crippen LogP contribution is -2.55. The van der Waals surface area contributed by atoms with Gasteiger partial charge in [-0.05, 0) is 32.0 Å². The summed E-state index contributed by atoms with van der Waals surface area (Å²) in [5.74, 6) is -1.92. The number of likely N-dealkylation sites (tertiary alicyclic amines) is 1. The first-order chi connectivity index (χ1) is 20.7. The molecule has 6 rings (SSSR count). The molecule has 0 saturated carbocycles. The number of nitrogens with one attached hydrogen (secondary N) is 2. The van der Waals surface area contributed by atoms with Crippen LogP contribution in [0.15, 0.2) is 30.9 Å². The average molecular weight is 610 g/mol. The second-order valence-corrected chi connectivity index (χ2v) is 11.4. The number of aromatic nitrogens is 5. The molecule has 5 heterocycles. The van der Waals surface area contributed by atoms with Crippen LogP contribution in [0.4, 0.5) is 14.6 Å². The van der Waals surface area contributed by atoms with Crippen LogP contribution >= 0.6 is 11.6 Å². The Morgan fingerprint density at radius 2 is 2.14 bits per heavy atom. The van der Waals surface area contributed by atoms with E-state index in [1.54, 1.807) is 12.4 Å². The van der Waals surface area contributed by atoms with Gasteiger partial charge in [0.1, 0.15) is 23.5 Å². The van der Waals surface area contributed by atoms with E-state index in [1.165, 1.54) is 11.0 Å². The van der Waals surface area contributed by atoms with Gasteiger partial charge in [0.25, 0.3) is 5.91 Å². The van der Waals surface area contributed by atoms with Gasteiger partial charge >= 0.3 is 6.01 Å². The minimum atomic E-state index is -1.06. The molecular weight excluding hydrogens is 580 g/mol. The Balaban J connectivity index is 1.39. The summed E-state index contributed by atoms with van der Waals surface area (Å²) < 4.78 is 34.6. The summed E-state index contributed by atoms with van der Waals surface area (Å²) in [5, 5.41) is 17.0. The van der Waals surface area contributed by atoms with Crippen LogP contribution in [0.3, 0.4) is 0 Å². The number of aromatic amines is 2. The number of benzene rings is 1. The van der Waals surface area contributed by atoms with Crippen LogP contribution in [-0.2, 0) is 11.2 Å². The lowest BCUT2D eigenvalue weighted by Gasteiger charge is -2.40. The number of H-pyrrole nitrogens is 2. The molecule has 1 aromatic carbocycles. The second-order valence-electron chi connectivity index (χ2n) is 11.0. The topological polar surface area (TPSA) is 130 Å². The maximum atomic E-state index is 14.7. The highest BCUT2D eigenvalue weighted by molar-refractivity contribution is 6.32. The van der Waals surface area contributed by atoms with E-state index in [0.29, 0.717) is 46.5 Å². The Kier molecular flexibility index (Phi) is 7.89. The number of hydrogen-bond acceptors (Lipinski definition) is 8. The van der Waals surface area contributed by atoms with Gasteiger partial charge in [-0.3, -0.25) is 9.89 Å². The monoisotopic (exact) mass is 609 g/mol. The molecule has 0 radical (unpaired) electrons. The molecule has 4 aromatic rings. The van der Waals surface area contributed by atoms with E-state index < -0.39 is 23.6 Å². The van der Waals surface area contributed by atoms with Crippen molar-refractivity contribution >= 4 is 45.3 Å². The number of carbonyl (C=O) groups is 1. The fraction of sp³-hybridized carbons (Fsp3) is 0.414. The number of piperazine rings is 1. The third-order valence-corrected chi connectivity index (χ3v) is 8.76. The van der Waals surface area contributed by atoms with Crippen molar-refractivity contribution in [1.82, 2.24) is 34.9 Å². The maximum Gasteiger partial charge on any atom is 0.319 e. The van der Waals surface area contributed by atoms with E-state index >= 15 is 0 Å². The molecule has 43 heavy (non-hydrogen) atoms. The van der Waals surface area contributed by atoms with Crippen molar-refractivity contribution in [3.05, 3.63) is 52.8 Å². The number of ether oxygens (including phenoxy) is 1. The first-order valence-corrected chi connectivity index (χ1v) is 14.4. The Morgan fingerprint density at radius 1 is 1.30 bits per heavy atom. The number of fused-ring (bicyclic) bond motifs is 2. The van der Waals surface area contributed by atoms with E-state index in [-0.39, 0.29) is 43.0 Å². The molecule has 2 N–H and O–H groups in total. The van der Waals surface area contributed by atoms with E-state index in [2.05, 4.69) is 39.8 Å². The zero-order chi connectivity index (χ0) is 30.2. The fourth-order valence-electron chi connectivity index (χ4n) is 6.02. The summed E-state index contributed by atoms with van der Waals surface area (Å²) in [6, 6.07) is 3.25.